The van der Waals surface area contributed by atoms with Crippen molar-refractivity contribution in [1.29, 1.82) is 0 Å². The highest BCUT2D eigenvalue weighted by atomic mass is 35.5. The first-order valence-electron chi connectivity index (χ1n) is 5.08. The molecule has 0 unspecified atom stereocenters. The fourth-order valence-electron chi connectivity index (χ4n) is 1.42. The van der Waals surface area contributed by atoms with Crippen LogP contribution in [0.15, 0.2) is 47.4 Å². The van der Waals surface area contributed by atoms with Gasteiger partial charge in [-0.05, 0) is 35.9 Å². The summed E-state index contributed by atoms with van der Waals surface area (Å²) in [5.74, 6) is 0.394. The van der Waals surface area contributed by atoms with Gasteiger partial charge < -0.3 is 5.73 Å². The van der Waals surface area contributed by atoms with E-state index in [1.54, 1.807) is 24.3 Å². The van der Waals surface area contributed by atoms with Gasteiger partial charge in [-0.1, -0.05) is 23.7 Å². The zero-order valence-electron chi connectivity index (χ0n) is 8.99. The van der Waals surface area contributed by atoms with Crippen LogP contribution in [0.1, 0.15) is 5.56 Å². The molecule has 0 fully saturated rings. The predicted molar refractivity (Wildman–Crippen MR) is 71.8 cm³/mol. The molecule has 2 aromatic carbocycles. The molecular weight excluding hydrogens is 257 g/mol. The second-order valence-corrected chi connectivity index (χ2v) is 5.02. The Morgan fingerprint density at radius 3 is 2.71 bits per heavy atom. The standard InChI is InChI=1S/C13H11ClFNS/c14-10-5-6-12(16)9(7-10)8-17-13-4-2-1-3-11(13)15/h1-7H,8,16H2. The maximum Gasteiger partial charge on any atom is 0.136 e. The topological polar surface area (TPSA) is 26.0 Å². The minimum atomic E-state index is -0.210. The number of nitrogens with two attached hydrogens (primary N) is 1. The molecule has 2 N–H and O–H groups in total. The second-order valence-electron chi connectivity index (χ2n) is 3.56. The van der Waals surface area contributed by atoms with Crippen molar-refractivity contribution in [2.45, 2.75) is 10.6 Å². The zero-order chi connectivity index (χ0) is 12.3. The maximum atomic E-state index is 13.4. The van der Waals surface area contributed by atoms with Crippen LogP contribution in [0.5, 0.6) is 0 Å². The highest BCUT2D eigenvalue weighted by Crippen LogP contribution is 2.28. The summed E-state index contributed by atoms with van der Waals surface area (Å²) < 4.78 is 13.4. The smallest absolute Gasteiger partial charge is 0.136 e. The Morgan fingerprint density at radius 1 is 1.18 bits per heavy atom. The van der Waals surface area contributed by atoms with E-state index in [0.717, 1.165) is 5.56 Å². The van der Waals surface area contributed by atoms with E-state index in [9.17, 15) is 4.39 Å². The Hall–Kier alpha value is -1.19. The first-order valence-corrected chi connectivity index (χ1v) is 6.44. The van der Waals surface area contributed by atoms with E-state index in [4.69, 9.17) is 17.3 Å². The molecule has 2 rings (SSSR count). The van der Waals surface area contributed by atoms with E-state index in [2.05, 4.69) is 0 Å². The van der Waals surface area contributed by atoms with Crippen LogP contribution >= 0.6 is 23.4 Å². The van der Waals surface area contributed by atoms with Gasteiger partial charge in [0.15, 0.2) is 0 Å². The van der Waals surface area contributed by atoms with Gasteiger partial charge in [0.05, 0.1) is 0 Å². The molecule has 17 heavy (non-hydrogen) atoms. The zero-order valence-corrected chi connectivity index (χ0v) is 10.6. The van der Waals surface area contributed by atoms with Crippen LogP contribution in [-0.4, -0.2) is 0 Å². The molecule has 0 amide bonds. The Morgan fingerprint density at radius 2 is 1.94 bits per heavy atom. The van der Waals surface area contributed by atoms with E-state index in [1.807, 2.05) is 12.1 Å². The minimum absolute atomic E-state index is 0.210. The average Bonchev–Trinajstić information content (AvgIpc) is 2.32. The largest absolute Gasteiger partial charge is 0.398 e. The van der Waals surface area contributed by atoms with Gasteiger partial charge in [0.25, 0.3) is 0 Å². The average molecular weight is 268 g/mol. The van der Waals surface area contributed by atoms with Crippen molar-refractivity contribution in [3.05, 3.63) is 58.9 Å². The molecule has 0 radical (unpaired) electrons. The minimum Gasteiger partial charge on any atom is -0.398 e. The lowest BCUT2D eigenvalue weighted by atomic mass is 10.2. The quantitative estimate of drug-likeness (QED) is 0.661. The van der Waals surface area contributed by atoms with Gasteiger partial charge in [-0.25, -0.2) is 4.39 Å². The van der Waals surface area contributed by atoms with Crippen LogP contribution < -0.4 is 5.73 Å². The SMILES string of the molecule is Nc1ccc(Cl)cc1CSc1ccccc1F. The molecular formula is C13H11ClFNS. The third-order valence-electron chi connectivity index (χ3n) is 2.32. The Labute approximate surface area is 109 Å². The third kappa shape index (κ3) is 3.14. The van der Waals surface area contributed by atoms with Gasteiger partial charge in [0.2, 0.25) is 0 Å². The van der Waals surface area contributed by atoms with Gasteiger partial charge in [0.1, 0.15) is 5.82 Å². The molecule has 0 aliphatic rings. The maximum absolute atomic E-state index is 13.4. The van der Waals surface area contributed by atoms with Gasteiger partial charge in [-0.15, -0.1) is 11.8 Å². The number of nitrogen functional groups attached to an aromatic ring is 1. The summed E-state index contributed by atoms with van der Waals surface area (Å²) in [5.41, 5.74) is 7.43. The summed E-state index contributed by atoms with van der Waals surface area (Å²) in [7, 11) is 0. The Kier molecular flexibility index (Phi) is 3.92. The van der Waals surface area contributed by atoms with Crippen molar-refractivity contribution in [1.82, 2.24) is 0 Å². The first-order chi connectivity index (χ1) is 8.16. The summed E-state index contributed by atoms with van der Waals surface area (Å²) in [6.07, 6.45) is 0. The van der Waals surface area contributed by atoms with E-state index in [1.165, 1.54) is 17.8 Å². The lowest BCUT2D eigenvalue weighted by Crippen LogP contribution is -1.92. The summed E-state index contributed by atoms with van der Waals surface area (Å²) in [4.78, 5) is 0.617. The van der Waals surface area contributed by atoms with Crippen LogP contribution in [0.3, 0.4) is 0 Å². The normalized spacial score (nSPS) is 10.5. The van der Waals surface area contributed by atoms with Gasteiger partial charge in [-0.3, -0.25) is 0 Å². The molecule has 4 heteroatoms. The molecule has 0 saturated heterocycles. The molecule has 0 spiro atoms. The summed E-state index contributed by atoms with van der Waals surface area (Å²) in [6, 6.07) is 12.0. The van der Waals surface area contributed by atoms with Crippen molar-refractivity contribution in [2.24, 2.45) is 0 Å². The van der Waals surface area contributed by atoms with Crippen LogP contribution in [0, 0.1) is 5.82 Å². The fraction of sp³-hybridized carbons (Fsp3) is 0.0769. The van der Waals surface area contributed by atoms with E-state index in [-0.39, 0.29) is 5.82 Å². The third-order valence-corrected chi connectivity index (χ3v) is 3.66. The molecule has 0 heterocycles. The van der Waals surface area contributed by atoms with Crippen LogP contribution in [-0.2, 0) is 5.75 Å². The van der Waals surface area contributed by atoms with Crippen LogP contribution in [0.25, 0.3) is 0 Å². The molecule has 0 saturated carbocycles. The number of hydrogen-bond acceptors (Lipinski definition) is 2. The Balaban J connectivity index is 2.12. The number of hydrogen-bond donors (Lipinski definition) is 1. The van der Waals surface area contributed by atoms with Crippen molar-refractivity contribution in [3.8, 4) is 0 Å². The number of halogens is 2. The molecule has 0 aromatic heterocycles. The molecule has 0 bridgehead atoms. The number of rotatable bonds is 3. The monoisotopic (exact) mass is 267 g/mol. The van der Waals surface area contributed by atoms with Gasteiger partial charge in [-0.2, -0.15) is 0 Å². The highest BCUT2D eigenvalue weighted by molar-refractivity contribution is 7.98. The second kappa shape index (κ2) is 5.43. The van der Waals surface area contributed by atoms with E-state index < -0.39 is 0 Å². The fourth-order valence-corrected chi connectivity index (χ4v) is 2.55. The first kappa shape index (κ1) is 12.3. The highest BCUT2D eigenvalue weighted by Gasteiger charge is 2.04. The molecule has 0 atom stereocenters. The number of thioether (sulfide) groups is 1. The molecule has 0 aliphatic heterocycles. The van der Waals surface area contributed by atoms with Crippen LogP contribution in [0.2, 0.25) is 5.02 Å². The van der Waals surface area contributed by atoms with E-state index >= 15 is 0 Å². The van der Waals surface area contributed by atoms with Crippen LogP contribution in [0.4, 0.5) is 10.1 Å². The number of anilines is 1. The van der Waals surface area contributed by atoms with Crippen molar-refractivity contribution in [2.75, 3.05) is 5.73 Å². The molecule has 2 aromatic rings. The molecule has 0 aliphatic carbocycles. The number of benzene rings is 2. The van der Waals surface area contributed by atoms with Gasteiger partial charge in [0, 0.05) is 21.4 Å². The summed E-state index contributed by atoms with van der Waals surface area (Å²) in [5, 5.41) is 0.642. The summed E-state index contributed by atoms with van der Waals surface area (Å²) in [6.45, 7) is 0. The lowest BCUT2D eigenvalue weighted by molar-refractivity contribution is 0.602. The van der Waals surface area contributed by atoms with Crippen molar-refractivity contribution in [3.63, 3.8) is 0 Å². The van der Waals surface area contributed by atoms with Crippen molar-refractivity contribution >= 4 is 29.1 Å². The predicted octanol–water partition coefficient (Wildman–Crippen LogP) is 4.35. The summed E-state index contributed by atoms with van der Waals surface area (Å²) >= 11 is 7.30. The molecule has 88 valence electrons. The lowest BCUT2D eigenvalue weighted by Gasteiger charge is -2.06. The van der Waals surface area contributed by atoms with Gasteiger partial charge >= 0.3 is 0 Å². The van der Waals surface area contributed by atoms with E-state index in [0.29, 0.717) is 21.4 Å². The van der Waals surface area contributed by atoms with Crippen molar-refractivity contribution < 1.29 is 4.39 Å². The Bertz CT molecular complexity index is 531. The molecule has 1 nitrogen and oxygen atoms in total.